The number of rotatable bonds is 6. The molecule has 0 saturated heterocycles. The van der Waals surface area contributed by atoms with Crippen molar-refractivity contribution in [2.24, 2.45) is 11.8 Å². The Morgan fingerprint density at radius 1 is 1.00 bits per heavy atom. The Labute approximate surface area is 83.2 Å². The van der Waals surface area contributed by atoms with Gasteiger partial charge in [0.05, 0.1) is 12.4 Å². The molecule has 13 heavy (non-hydrogen) atoms. The minimum absolute atomic E-state index is 0.350. The summed E-state index contributed by atoms with van der Waals surface area (Å²) in [6.45, 7) is 11.0. The Hall–Kier alpha value is -0.460. The van der Waals surface area contributed by atoms with Gasteiger partial charge in [0.2, 0.25) is 0 Å². The number of hydrogen-bond donors (Lipinski definition) is 0. The third-order valence-corrected chi connectivity index (χ3v) is 1.82. The van der Waals surface area contributed by atoms with E-state index in [0.717, 1.165) is 18.8 Å². The standard InChI is InChI=1S/C12H24O/c1-10(2)7-6-8-13-12(5)9-11(3)4/h6,8,10-12H,7,9H2,1-5H3/b8-6+. The summed E-state index contributed by atoms with van der Waals surface area (Å²) in [6, 6.07) is 0. The molecule has 0 aromatic carbocycles. The molecule has 0 saturated carbocycles. The number of hydrogen-bond acceptors (Lipinski definition) is 1. The molecule has 0 rings (SSSR count). The lowest BCUT2D eigenvalue weighted by Crippen LogP contribution is -2.07. The largest absolute Gasteiger partial charge is 0.499 e. The average Bonchev–Trinajstić information content (AvgIpc) is 1.96. The van der Waals surface area contributed by atoms with Crippen LogP contribution in [0.2, 0.25) is 0 Å². The zero-order chi connectivity index (χ0) is 10.3. The summed E-state index contributed by atoms with van der Waals surface area (Å²) in [5, 5.41) is 0. The van der Waals surface area contributed by atoms with Crippen LogP contribution in [0.5, 0.6) is 0 Å². The van der Waals surface area contributed by atoms with E-state index in [1.54, 1.807) is 0 Å². The van der Waals surface area contributed by atoms with Crippen molar-refractivity contribution in [1.29, 1.82) is 0 Å². The summed E-state index contributed by atoms with van der Waals surface area (Å²) in [6.07, 6.45) is 6.55. The fourth-order valence-corrected chi connectivity index (χ4v) is 1.24. The van der Waals surface area contributed by atoms with Gasteiger partial charge in [-0.05, 0) is 37.7 Å². The van der Waals surface area contributed by atoms with Crippen molar-refractivity contribution in [3.63, 3.8) is 0 Å². The molecule has 0 spiro atoms. The highest BCUT2D eigenvalue weighted by Gasteiger charge is 2.02. The summed E-state index contributed by atoms with van der Waals surface area (Å²) in [5.41, 5.74) is 0. The van der Waals surface area contributed by atoms with Crippen LogP contribution in [0, 0.1) is 11.8 Å². The van der Waals surface area contributed by atoms with E-state index in [9.17, 15) is 0 Å². The first kappa shape index (κ1) is 12.5. The summed E-state index contributed by atoms with van der Waals surface area (Å²) in [5.74, 6) is 1.44. The molecule has 0 aromatic rings. The highest BCUT2D eigenvalue weighted by molar-refractivity contribution is 4.75. The zero-order valence-electron chi connectivity index (χ0n) is 9.71. The van der Waals surface area contributed by atoms with E-state index in [1.165, 1.54) is 0 Å². The minimum atomic E-state index is 0.350. The maximum Gasteiger partial charge on any atom is 0.0952 e. The maximum atomic E-state index is 5.52. The molecule has 0 amide bonds. The second-order valence-corrected chi connectivity index (χ2v) is 4.58. The monoisotopic (exact) mass is 184 g/mol. The van der Waals surface area contributed by atoms with Gasteiger partial charge in [-0.3, -0.25) is 0 Å². The second kappa shape index (κ2) is 6.99. The molecule has 0 N–H and O–H groups in total. The molecule has 78 valence electrons. The lowest BCUT2D eigenvalue weighted by Gasteiger charge is -2.13. The maximum absolute atomic E-state index is 5.52. The number of ether oxygens (including phenoxy) is 1. The van der Waals surface area contributed by atoms with Gasteiger partial charge in [-0.25, -0.2) is 0 Å². The van der Waals surface area contributed by atoms with Crippen molar-refractivity contribution >= 4 is 0 Å². The first-order valence-electron chi connectivity index (χ1n) is 5.32. The van der Waals surface area contributed by atoms with E-state index in [4.69, 9.17) is 4.74 Å². The first-order valence-corrected chi connectivity index (χ1v) is 5.32. The van der Waals surface area contributed by atoms with Gasteiger partial charge in [0.1, 0.15) is 0 Å². The van der Waals surface area contributed by atoms with Crippen LogP contribution in [-0.2, 0) is 4.74 Å². The van der Waals surface area contributed by atoms with E-state index in [2.05, 4.69) is 40.7 Å². The van der Waals surface area contributed by atoms with E-state index in [-0.39, 0.29) is 0 Å². The van der Waals surface area contributed by atoms with Gasteiger partial charge in [0.15, 0.2) is 0 Å². The minimum Gasteiger partial charge on any atom is -0.499 e. The summed E-state index contributed by atoms with van der Waals surface area (Å²) < 4.78 is 5.52. The van der Waals surface area contributed by atoms with Crippen molar-refractivity contribution < 1.29 is 4.74 Å². The van der Waals surface area contributed by atoms with Crippen LogP contribution in [0.4, 0.5) is 0 Å². The van der Waals surface area contributed by atoms with E-state index < -0.39 is 0 Å². The fraction of sp³-hybridized carbons (Fsp3) is 0.833. The molecule has 1 heteroatoms. The van der Waals surface area contributed by atoms with E-state index >= 15 is 0 Å². The molecule has 0 aliphatic carbocycles. The molecule has 0 heterocycles. The molecule has 0 aliphatic rings. The van der Waals surface area contributed by atoms with Gasteiger partial charge in [-0.1, -0.05) is 27.7 Å². The van der Waals surface area contributed by atoms with Crippen LogP contribution in [0.25, 0.3) is 0 Å². The Morgan fingerprint density at radius 2 is 1.62 bits per heavy atom. The smallest absolute Gasteiger partial charge is 0.0952 e. The molecule has 0 bridgehead atoms. The Kier molecular flexibility index (Phi) is 6.75. The lowest BCUT2D eigenvalue weighted by molar-refractivity contribution is 0.138. The van der Waals surface area contributed by atoms with Crippen LogP contribution in [0.3, 0.4) is 0 Å². The fourth-order valence-electron chi connectivity index (χ4n) is 1.24. The van der Waals surface area contributed by atoms with Gasteiger partial charge in [-0.15, -0.1) is 0 Å². The predicted octanol–water partition coefficient (Wildman–Crippen LogP) is 4.00. The second-order valence-electron chi connectivity index (χ2n) is 4.58. The van der Waals surface area contributed by atoms with Gasteiger partial charge in [0, 0.05) is 0 Å². The number of allylic oxidation sites excluding steroid dienone is 1. The van der Waals surface area contributed by atoms with Crippen LogP contribution in [-0.4, -0.2) is 6.10 Å². The Bertz CT molecular complexity index is 136. The van der Waals surface area contributed by atoms with Crippen molar-refractivity contribution in [3.8, 4) is 0 Å². The highest BCUT2D eigenvalue weighted by atomic mass is 16.5. The quantitative estimate of drug-likeness (QED) is 0.567. The molecule has 0 radical (unpaired) electrons. The highest BCUT2D eigenvalue weighted by Crippen LogP contribution is 2.08. The van der Waals surface area contributed by atoms with Gasteiger partial charge < -0.3 is 4.74 Å². The molecule has 1 atom stereocenters. The first-order chi connectivity index (χ1) is 6.02. The zero-order valence-corrected chi connectivity index (χ0v) is 9.71. The Balaban J connectivity index is 3.45. The molecular formula is C12H24O. The molecule has 0 aromatic heterocycles. The molecule has 0 fully saturated rings. The molecular weight excluding hydrogens is 160 g/mol. The third kappa shape index (κ3) is 9.45. The van der Waals surface area contributed by atoms with Crippen LogP contribution < -0.4 is 0 Å². The van der Waals surface area contributed by atoms with Gasteiger partial charge in [0.25, 0.3) is 0 Å². The van der Waals surface area contributed by atoms with E-state index in [1.807, 2.05) is 6.26 Å². The van der Waals surface area contributed by atoms with Gasteiger partial charge in [-0.2, -0.15) is 0 Å². The molecule has 0 aliphatic heterocycles. The SMILES string of the molecule is CC(C)C/C=C/OC(C)CC(C)C. The normalized spacial score (nSPS) is 14.4. The van der Waals surface area contributed by atoms with Crippen molar-refractivity contribution in [2.45, 2.75) is 53.6 Å². The summed E-state index contributed by atoms with van der Waals surface area (Å²) in [4.78, 5) is 0. The predicted molar refractivity (Wildman–Crippen MR) is 58.6 cm³/mol. The van der Waals surface area contributed by atoms with Crippen LogP contribution in [0.15, 0.2) is 12.3 Å². The summed E-state index contributed by atoms with van der Waals surface area (Å²) in [7, 11) is 0. The average molecular weight is 184 g/mol. The summed E-state index contributed by atoms with van der Waals surface area (Å²) >= 11 is 0. The Morgan fingerprint density at radius 3 is 2.08 bits per heavy atom. The van der Waals surface area contributed by atoms with Crippen molar-refractivity contribution in [3.05, 3.63) is 12.3 Å². The lowest BCUT2D eigenvalue weighted by atomic mass is 10.1. The van der Waals surface area contributed by atoms with Crippen molar-refractivity contribution in [1.82, 2.24) is 0 Å². The molecule has 1 unspecified atom stereocenters. The third-order valence-electron chi connectivity index (χ3n) is 1.82. The topological polar surface area (TPSA) is 9.23 Å². The van der Waals surface area contributed by atoms with E-state index in [0.29, 0.717) is 12.0 Å². The molecule has 1 nitrogen and oxygen atoms in total. The van der Waals surface area contributed by atoms with Gasteiger partial charge >= 0.3 is 0 Å². The van der Waals surface area contributed by atoms with Crippen molar-refractivity contribution in [2.75, 3.05) is 0 Å². The van der Waals surface area contributed by atoms with Crippen LogP contribution in [0.1, 0.15) is 47.5 Å². The van der Waals surface area contributed by atoms with Crippen LogP contribution >= 0.6 is 0 Å².